The van der Waals surface area contributed by atoms with Crippen molar-refractivity contribution in [2.45, 2.75) is 58.8 Å². The number of aryl methyl sites for hydroxylation is 1. The van der Waals surface area contributed by atoms with Crippen LogP contribution in [0.25, 0.3) is 0 Å². The summed E-state index contributed by atoms with van der Waals surface area (Å²) in [5.41, 5.74) is 0. The van der Waals surface area contributed by atoms with Gasteiger partial charge >= 0.3 is 0 Å². The summed E-state index contributed by atoms with van der Waals surface area (Å²) in [4.78, 5) is 11.9. The molecule has 0 amide bonds. The molecule has 2 atom stereocenters. The third kappa shape index (κ3) is 8.53. The lowest BCUT2D eigenvalue weighted by Gasteiger charge is -2.32. The molecule has 2 unspecified atom stereocenters. The highest BCUT2D eigenvalue weighted by Gasteiger charge is 2.23. The van der Waals surface area contributed by atoms with Crippen molar-refractivity contribution in [3.8, 4) is 0 Å². The van der Waals surface area contributed by atoms with E-state index < -0.39 is 0 Å². The lowest BCUT2D eigenvalue weighted by molar-refractivity contribution is 0.177. The van der Waals surface area contributed by atoms with E-state index in [1.807, 2.05) is 16.8 Å². The first kappa shape index (κ1) is 27.6. The van der Waals surface area contributed by atoms with E-state index in [9.17, 15) is 0 Å². The third-order valence-corrected chi connectivity index (χ3v) is 5.26. The summed E-state index contributed by atoms with van der Waals surface area (Å²) in [6, 6.07) is 0.587. The molecule has 9 heteroatoms. The molecule has 31 heavy (non-hydrogen) atoms. The van der Waals surface area contributed by atoms with E-state index in [-0.39, 0.29) is 30.0 Å². The molecular formula is C22H40IN7O. The molecule has 1 aromatic heterocycles. The van der Waals surface area contributed by atoms with Gasteiger partial charge in [-0.1, -0.05) is 26.0 Å². The first-order valence-corrected chi connectivity index (χ1v) is 10.9. The van der Waals surface area contributed by atoms with Crippen molar-refractivity contribution in [3.05, 3.63) is 37.0 Å². The molecule has 2 heterocycles. The quantitative estimate of drug-likeness (QED) is 0.182. The molecule has 2 rings (SSSR count). The van der Waals surface area contributed by atoms with Crippen molar-refractivity contribution in [1.29, 1.82) is 0 Å². The van der Waals surface area contributed by atoms with Gasteiger partial charge in [-0.2, -0.15) is 5.10 Å². The Labute approximate surface area is 204 Å². The molecule has 1 aliphatic rings. The number of hydrogen-bond donors (Lipinski definition) is 2. The van der Waals surface area contributed by atoms with Crippen LogP contribution in [-0.4, -0.2) is 71.0 Å². The van der Waals surface area contributed by atoms with Crippen LogP contribution in [0.5, 0.6) is 0 Å². The van der Waals surface area contributed by atoms with Gasteiger partial charge in [0.2, 0.25) is 0 Å². The summed E-state index contributed by atoms with van der Waals surface area (Å²) in [6.45, 7) is 18.8. The number of guanidine groups is 1. The Balaban J connectivity index is 0.00000480. The van der Waals surface area contributed by atoms with E-state index in [4.69, 9.17) is 9.73 Å². The summed E-state index contributed by atoms with van der Waals surface area (Å²) in [7, 11) is 1.67. The van der Waals surface area contributed by atoms with Gasteiger partial charge in [-0.15, -0.1) is 37.1 Å². The highest BCUT2D eigenvalue weighted by molar-refractivity contribution is 14.0. The number of methoxy groups -OCH3 is 1. The maximum Gasteiger partial charge on any atom is 0.191 e. The average Bonchev–Trinajstić information content (AvgIpc) is 3.10. The Bertz CT molecular complexity index is 694. The van der Waals surface area contributed by atoms with Gasteiger partial charge in [0.05, 0.1) is 13.1 Å². The topological polar surface area (TPSA) is 79.6 Å². The lowest BCUT2D eigenvalue weighted by Crippen LogP contribution is -2.48. The standard InChI is InChI=1S/C22H39N7O.HI/c1-7-12-28(13-8-2)19(17(4)5)14-24-22(23-9-3)25-18-10-11-21-26-20(16-30-6)27-29(21)15-18;/h7-8,17-19H,1-2,9-16H2,3-6H3,(H2,23,24,25);1H. The SMILES string of the molecule is C=CCN(CC=C)C(CN=C(NCC)NC1CCc2nc(COC)nn2C1)C(C)C.I. The van der Waals surface area contributed by atoms with Crippen LogP contribution in [0.2, 0.25) is 0 Å². The number of hydrogen-bond acceptors (Lipinski definition) is 5. The lowest BCUT2D eigenvalue weighted by atomic mass is 10.0. The number of nitrogens with one attached hydrogen (secondary N) is 2. The van der Waals surface area contributed by atoms with Gasteiger partial charge in [0.25, 0.3) is 0 Å². The number of halogens is 1. The fourth-order valence-electron chi connectivity index (χ4n) is 3.79. The van der Waals surface area contributed by atoms with E-state index in [1.54, 1.807) is 7.11 Å². The first-order chi connectivity index (χ1) is 14.5. The van der Waals surface area contributed by atoms with E-state index in [0.29, 0.717) is 25.1 Å². The molecule has 0 spiro atoms. The average molecular weight is 546 g/mol. The van der Waals surface area contributed by atoms with Gasteiger partial charge in [0, 0.05) is 45.2 Å². The van der Waals surface area contributed by atoms with Gasteiger partial charge in [0.15, 0.2) is 11.8 Å². The second-order valence-corrected chi connectivity index (χ2v) is 8.00. The number of fused-ring (bicyclic) bond motifs is 1. The monoisotopic (exact) mass is 545 g/mol. The van der Waals surface area contributed by atoms with Crippen LogP contribution in [0, 0.1) is 5.92 Å². The van der Waals surface area contributed by atoms with Crippen LogP contribution in [0.15, 0.2) is 30.3 Å². The number of nitrogens with zero attached hydrogens (tertiary/aromatic N) is 5. The molecule has 0 bridgehead atoms. The normalized spacial score (nSPS) is 17.1. The predicted octanol–water partition coefficient (Wildman–Crippen LogP) is 2.61. The van der Waals surface area contributed by atoms with E-state index in [1.165, 1.54) is 0 Å². The fraction of sp³-hybridized carbons (Fsp3) is 0.682. The Morgan fingerprint density at radius 1 is 1.35 bits per heavy atom. The van der Waals surface area contributed by atoms with Gasteiger partial charge in [-0.3, -0.25) is 9.89 Å². The van der Waals surface area contributed by atoms with E-state index in [0.717, 1.165) is 56.6 Å². The van der Waals surface area contributed by atoms with Crippen molar-refractivity contribution in [2.75, 3.05) is 33.3 Å². The number of ether oxygens (including phenoxy) is 1. The van der Waals surface area contributed by atoms with Crippen LogP contribution in [0.4, 0.5) is 0 Å². The molecule has 0 aromatic carbocycles. The zero-order chi connectivity index (χ0) is 21.9. The van der Waals surface area contributed by atoms with Crippen molar-refractivity contribution < 1.29 is 4.74 Å². The molecule has 0 radical (unpaired) electrons. The van der Waals surface area contributed by atoms with Crippen molar-refractivity contribution in [3.63, 3.8) is 0 Å². The maximum atomic E-state index is 5.16. The third-order valence-electron chi connectivity index (χ3n) is 5.26. The van der Waals surface area contributed by atoms with Crippen LogP contribution < -0.4 is 10.6 Å². The minimum absolute atomic E-state index is 0. The molecule has 0 fully saturated rings. The Hall–Kier alpha value is -1.46. The second-order valence-electron chi connectivity index (χ2n) is 8.00. The molecule has 0 saturated heterocycles. The smallest absolute Gasteiger partial charge is 0.191 e. The molecule has 1 aliphatic heterocycles. The summed E-state index contributed by atoms with van der Waals surface area (Å²) >= 11 is 0. The predicted molar refractivity (Wildman–Crippen MR) is 138 cm³/mol. The maximum absolute atomic E-state index is 5.16. The minimum atomic E-state index is 0. The largest absolute Gasteiger partial charge is 0.377 e. The Morgan fingerprint density at radius 3 is 2.65 bits per heavy atom. The van der Waals surface area contributed by atoms with Crippen LogP contribution in [0.1, 0.15) is 38.8 Å². The van der Waals surface area contributed by atoms with Crippen LogP contribution in [0.3, 0.4) is 0 Å². The molecule has 1 aromatic rings. The van der Waals surface area contributed by atoms with E-state index in [2.05, 4.69) is 59.5 Å². The zero-order valence-corrected chi connectivity index (χ0v) is 21.8. The van der Waals surface area contributed by atoms with Gasteiger partial charge in [-0.25, -0.2) is 9.67 Å². The summed E-state index contributed by atoms with van der Waals surface area (Å²) in [5, 5.41) is 11.5. The molecule has 8 nitrogen and oxygen atoms in total. The van der Waals surface area contributed by atoms with Gasteiger partial charge in [-0.05, 0) is 19.3 Å². The summed E-state index contributed by atoms with van der Waals surface area (Å²) in [5.74, 6) is 3.11. The minimum Gasteiger partial charge on any atom is -0.377 e. The summed E-state index contributed by atoms with van der Waals surface area (Å²) < 4.78 is 7.15. The van der Waals surface area contributed by atoms with Gasteiger partial charge < -0.3 is 15.4 Å². The first-order valence-electron chi connectivity index (χ1n) is 10.9. The van der Waals surface area contributed by atoms with Crippen molar-refractivity contribution in [2.24, 2.45) is 10.9 Å². The Morgan fingerprint density at radius 2 is 2.06 bits per heavy atom. The van der Waals surface area contributed by atoms with Crippen LogP contribution in [-0.2, 0) is 24.3 Å². The van der Waals surface area contributed by atoms with Gasteiger partial charge in [0.1, 0.15) is 12.4 Å². The summed E-state index contributed by atoms with van der Waals surface area (Å²) in [6.07, 6.45) is 5.79. The molecule has 0 aliphatic carbocycles. The van der Waals surface area contributed by atoms with Crippen LogP contribution >= 0.6 is 24.0 Å². The molecule has 176 valence electrons. The number of aromatic nitrogens is 3. The van der Waals surface area contributed by atoms with Crippen molar-refractivity contribution in [1.82, 2.24) is 30.3 Å². The molecular weight excluding hydrogens is 505 g/mol. The fourth-order valence-corrected chi connectivity index (χ4v) is 3.79. The number of aliphatic imine (C=N–C) groups is 1. The number of rotatable bonds is 12. The van der Waals surface area contributed by atoms with Crippen molar-refractivity contribution >= 4 is 29.9 Å². The highest BCUT2D eigenvalue weighted by atomic mass is 127. The zero-order valence-electron chi connectivity index (χ0n) is 19.5. The van der Waals surface area contributed by atoms with E-state index >= 15 is 0 Å². The second kappa shape index (κ2) is 14.6. The highest BCUT2D eigenvalue weighted by Crippen LogP contribution is 2.14. The molecule has 2 N–H and O–H groups in total. The Kier molecular flexibility index (Phi) is 13.0. The molecule has 0 saturated carbocycles.